The summed E-state index contributed by atoms with van der Waals surface area (Å²) in [7, 11) is 0. The van der Waals surface area contributed by atoms with Crippen molar-refractivity contribution in [2.45, 2.75) is 24.0 Å². The van der Waals surface area contributed by atoms with Gasteiger partial charge in [-0.1, -0.05) is 30.3 Å². The first-order chi connectivity index (χ1) is 9.20. The summed E-state index contributed by atoms with van der Waals surface area (Å²) in [6.45, 7) is 2.86. The highest BCUT2D eigenvalue weighted by Crippen LogP contribution is 2.31. The molecule has 0 amide bonds. The molecule has 0 saturated carbocycles. The quantitative estimate of drug-likeness (QED) is 0.811. The lowest BCUT2D eigenvalue weighted by Crippen LogP contribution is -2.02. The third-order valence-electron chi connectivity index (χ3n) is 3.07. The zero-order valence-electron chi connectivity index (χ0n) is 11.0. The number of halogens is 1. The summed E-state index contributed by atoms with van der Waals surface area (Å²) in [6, 6.07) is 15.1. The fourth-order valence-corrected chi connectivity index (χ4v) is 3.68. The van der Waals surface area contributed by atoms with Crippen molar-refractivity contribution in [1.82, 2.24) is 0 Å². The van der Waals surface area contributed by atoms with E-state index in [0.29, 0.717) is 6.54 Å². The van der Waals surface area contributed by atoms with E-state index in [4.69, 9.17) is 5.73 Å². The summed E-state index contributed by atoms with van der Waals surface area (Å²) >= 11 is 5.51. The van der Waals surface area contributed by atoms with Crippen LogP contribution in [0.3, 0.4) is 0 Å². The van der Waals surface area contributed by atoms with Crippen LogP contribution in [-0.2, 0) is 12.2 Å². The molecule has 0 aromatic heterocycles. The van der Waals surface area contributed by atoms with Crippen LogP contribution in [-0.4, -0.2) is 6.54 Å². The molecule has 19 heavy (non-hydrogen) atoms. The Kier molecular flexibility index (Phi) is 5.49. The molecule has 0 heterocycles. The minimum absolute atomic E-state index is 0.697. The second-order valence-electron chi connectivity index (χ2n) is 4.52. The molecule has 2 aromatic carbocycles. The molecule has 0 atom stereocenters. The third kappa shape index (κ3) is 4.10. The Labute approximate surface area is 127 Å². The first kappa shape index (κ1) is 14.6. The molecule has 2 aromatic rings. The van der Waals surface area contributed by atoms with Crippen LogP contribution in [0.15, 0.2) is 51.8 Å². The van der Waals surface area contributed by atoms with E-state index in [0.717, 1.165) is 16.6 Å². The van der Waals surface area contributed by atoms with Crippen molar-refractivity contribution in [2.75, 3.05) is 6.54 Å². The van der Waals surface area contributed by atoms with Gasteiger partial charge in [0.2, 0.25) is 0 Å². The van der Waals surface area contributed by atoms with E-state index in [9.17, 15) is 0 Å². The maximum Gasteiger partial charge on any atom is 0.0314 e. The molecule has 2 N–H and O–H groups in total. The molecule has 0 fully saturated rings. The van der Waals surface area contributed by atoms with Gasteiger partial charge in [0.05, 0.1) is 0 Å². The Morgan fingerprint density at radius 2 is 1.95 bits per heavy atom. The molecule has 3 heteroatoms. The van der Waals surface area contributed by atoms with E-state index in [1.807, 2.05) is 11.8 Å². The minimum atomic E-state index is 0.697. The molecular weight excluding hydrogens is 318 g/mol. The Morgan fingerprint density at radius 1 is 1.16 bits per heavy atom. The SMILES string of the molecule is Cc1ccccc1CSc1ccc(CCN)cc1Br. The minimum Gasteiger partial charge on any atom is -0.330 e. The number of hydrogen-bond acceptors (Lipinski definition) is 2. The van der Waals surface area contributed by atoms with Gasteiger partial charge in [0.15, 0.2) is 0 Å². The average molecular weight is 336 g/mol. The van der Waals surface area contributed by atoms with Crippen molar-refractivity contribution in [3.8, 4) is 0 Å². The lowest BCUT2D eigenvalue weighted by molar-refractivity contribution is 0.965. The normalized spacial score (nSPS) is 10.7. The summed E-state index contributed by atoms with van der Waals surface area (Å²) in [4.78, 5) is 1.28. The van der Waals surface area contributed by atoms with E-state index in [2.05, 4.69) is 65.3 Å². The fourth-order valence-electron chi connectivity index (χ4n) is 1.91. The maximum atomic E-state index is 5.58. The number of rotatable bonds is 5. The third-order valence-corrected chi connectivity index (χ3v) is 5.11. The number of nitrogens with two attached hydrogens (primary N) is 1. The molecule has 2 rings (SSSR count). The van der Waals surface area contributed by atoms with Crippen LogP contribution in [0.4, 0.5) is 0 Å². The molecule has 1 nitrogen and oxygen atoms in total. The number of benzene rings is 2. The van der Waals surface area contributed by atoms with Crippen LogP contribution in [0.2, 0.25) is 0 Å². The molecule has 0 aliphatic heterocycles. The number of hydrogen-bond donors (Lipinski definition) is 1. The molecule has 0 spiro atoms. The van der Waals surface area contributed by atoms with Crippen molar-refractivity contribution in [1.29, 1.82) is 0 Å². The zero-order valence-corrected chi connectivity index (χ0v) is 13.4. The van der Waals surface area contributed by atoms with Gasteiger partial charge in [0.1, 0.15) is 0 Å². The highest BCUT2D eigenvalue weighted by molar-refractivity contribution is 9.10. The van der Waals surface area contributed by atoms with Crippen LogP contribution >= 0.6 is 27.7 Å². The Balaban J connectivity index is 2.06. The van der Waals surface area contributed by atoms with Crippen molar-refractivity contribution in [3.63, 3.8) is 0 Å². The van der Waals surface area contributed by atoms with Crippen molar-refractivity contribution in [2.24, 2.45) is 5.73 Å². The van der Waals surface area contributed by atoms with Crippen LogP contribution in [0, 0.1) is 6.92 Å². The van der Waals surface area contributed by atoms with E-state index < -0.39 is 0 Å². The molecule has 0 bridgehead atoms. The van der Waals surface area contributed by atoms with E-state index in [-0.39, 0.29) is 0 Å². The number of aryl methyl sites for hydroxylation is 1. The van der Waals surface area contributed by atoms with Crippen LogP contribution in [0.5, 0.6) is 0 Å². The first-order valence-corrected chi connectivity index (χ1v) is 8.14. The van der Waals surface area contributed by atoms with Crippen molar-refractivity contribution >= 4 is 27.7 Å². The Bertz CT molecular complexity index is 554. The van der Waals surface area contributed by atoms with Crippen molar-refractivity contribution in [3.05, 3.63) is 63.6 Å². The summed E-state index contributed by atoms with van der Waals surface area (Å²) in [5.74, 6) is 1.00. The smallest absolute Gasteiger partial charge is 0.0314 e. The van der Waals surface area contributed by atoms with Crippen LogP contribution in [0.1, 0.15) is 16.7 Å². The maximum absolute atomic E-state index is 5.58. The highest BCUT2D eigenvalue weighted by atomic mass is 79.9. The van der Waals surface area contributed by atoms with E-state index >= 15 is 0 Å². The highest BCUT2D eigenvalue weighted by Gasteiger charge is 2.04. The van der Waals surface area contributed by atoms with Crippen molar-refractivity contribution < 1.29 is 0 Å². The van der Waals surface area contributed by atoms with Gasteiger partial charge in [-0.3, -0.25) is 0 Å². The second-order valence-corrected chi connectivity index (χ2v) is 6.39. The molecule has 100 valence electrons. The Hall–Kier alpha value is -0.770. The topological polar surface area (TPSA) is 26.0 Å². The molecule has 0 unspecified atom stereocenters. The lowest BCUT2D eigenvalue weighted by Gasteiger charge is -2.08. The predicted octanol–water partition coefficient (Wildman–Crippen LogP) is 4.55. The summed E-state index contributed by atoms with van der Waals surface area (Å²) in [6.07, 6.45) is 0.932. The van der Waals surface area contributed by atoms with Gasteiger partial charge in [-0.05, 0) is 64.6 Å². The zero-order chi connectivity index (χ0) is 13.7. The van der Waals surface area contributed by atoms with Gasteiger partial charge in [0.25, 0.3) is 0 Å². The average Bonchev–Trinajstić information content (AvgIpc) is 2.40. The van der Waals surface area contributed by atoms with Gasteiger partial charge < -0.3 is 5.73 Å². The molecular formula is C16H18BrNS. The molecule has 0 aliphatic rings. The summed E-state index contributed by atoms with van der Waals surface area (Å²) < 4.78 is 1.16. The van der Waals surface area contributed by atoms with E-state index in [1.165, 1.54) is 21.6 Å². The van der Waals surface area contributed by atoms with Crippen LogP contribution < -0.4 is 5.73 Å². The summed E-state index contributed by atoms with van der Waals surface area (Å²) in [5.41, 5.74) is 9.61. The standard InChI is InChI=1S/C16H18BrNS/c1-12-4-2-3-5-14(12)11-19-16-7-6-13(8-9-18)10-15(16)17/h2-7,10H,8-9,11,18H2,1H3. The summed E-state index contributed by atoms with van der Waals surface area (Å²) in [5, 5.41) is 0. The molecule has 0 saturated heterocycles. The monoisotopic (exact) mass is 335 g/mol. The van der Waals surface area contributed by atoms with Gasteiger partial charge >= 0.3 is 0 Å². The molecule has 0 aliphatic carbocycles. The molecule has 0 radical (unpaired) electrons. The Morgan fingerprint density at radius 3 is 2.63 bits per heavy atom. The predicted molar refractivity (Wildman–Crippen MR) is 87.6 cm³/mol. The van der Waals surface area contributed by atoms with Crippen LogP contribution in [0.25, 0.3) is 0 Å². The van der Waals surface area contributed by atoms with Gasteiger partial charge in [0, 0.05) is 15.1 Å². The van der Waals surface area contributed by atoms with Gasteiger partial charge in [-0.25, -0.2) is 0 Å². The lowest BCUT2D eigenvalue weighted by atomic mass is 10.1. The van der Waals surface area contributed by atoms with E-state index in [1.54, 1.807) is 0 Å². The van der Waals surface area contributed by atoms with Gasteiger partial charge in [-0.2, -0.15) is 0 Å². The van der Waals surface area contributed by atoms with Gasteiger partial charge in [-0.15, -0.1) is 11.8 Å². The second kappa shape index (κ2) is 7.13. The largest absolute Gasteiger partial charge is 0.330 e. The fraction of sp³-hybridized carbons (Fsp3) is 0.250. The number of thioether (sulfide) groups is 1. The first-order valence-electron chi connectivity index (χ1n) is 6.36.